The molecule has 0 unspecified atom stereocenters. The van der Waals surface area contributed by atoms with Gasteiger partial charge in [0.05, 0.1) is 5.41 Å². The van der Waals surface area contributed by atoms with Crippen LogP contribution >= 0.6 is 11.8 Å². The van der Waals surface area contributed by atoms with Crippen LogP contribution in [-0.2, 0) is 4.79 Å². The summed E-state index contributed by atoms with van der Waals surface area (Å²) in [4.78, 5) is 12.4. The van der Waals surface area contributed by atoms with Gasteiger partial charge in [-0.05, 0) is 51.7 Å². The van der Waals surface area contributed by atoms with Crippen LogP contribution in [0.2, 0.25) is 0 Å². The number of carbonyl (C=O) groups excluding carboxylic acids is 1. The summed E-state index contributed by atoms with van der Waals surface area (Å²) in [6.45, 7) is 7.75. The van der Waals surface area contributed by atoms with Crippen LogP contribution in [-0.4, -0.2) is 30.0 Å². The molecule has 0 bridgehead atoms. The summed E-state index contributed by atoms with van der Waals surface area (Å²) in [5.41, 5.74) is 5.59. The number of rotatable bonds is 5. The van der Waals surface area contributed by atoms with Gasteiger partial charge in [0.25, 0.3) is 0 Å². The molecule has 0 spiro atoms. The SMILES string of the molecule is CSC(C)(C)CNC(=O)C1(CN)CCC(C)CC1. The van der Waals surface area contributed by atoms with Crippen LogP contribution < -0.4 is 11.1 Å². The van der Waals surface area contributed by atoms with E-state index in [0.717, 1.165) is 31.6 Å². The smallest absolute Gasteiger partial charge is 0.227 e. The summed E-state index contributed by atoms with van der Waals surface area (Å²) in [7, 11) is 0. The third-order valence-corrected chi connectivity index (χ3v) is 5.58. The predicted molar refractivity (Wildman–Crippen MR) is 79.7 cm³/mol. The van der Waals surface area contributed by atoms with Gasteiger partial charge in [-0.1, -0.05) is 6.92 Å². The van der Waals surface area contributed by atoms with Gasteiger partial charge in [-0.2, -0.15) is 11.8 Å². The molecule has 1 fully saturated rings. The second-order valence-electron chi connectivity index (χ2n) is 6.31. The summed E-state index contributed by atoms with van der Waals surface area (Å²) in [5.74, 6) is 0.902. The van der Waals surface area contributed by atoms with Crippen molar-refractivity contribution in [2.45, 2.75) is 51.2 Å². The molecule has 18 heavy (non-hydrogen) atoms. The zero-order chi connectivity index (χ0) is 13.8. The minimum Gasteiger partial charge on any atom is -0.354 e. The molecule has 0 aromatic heterocycles. The first-order valence-corrected chi connectivity index (χ1v) is 8.11. The molecule has 1 aliphatic rings. The monoisotopic (exact) mass is 272 g/mol. The van der Waals surface area contributed by atoms with E-state index in [1.54, 1.807) is 11.8 Å². The van der Waals surface area contributed by atoms with Crippen molar-refractivity contribution in [2.24, 2.45) is 17.1 Å². The Labute approximate surface area is 116 Å². The van der Waals surface area contributed by atoms with Crippen LogP contribution in [0.1, 0.15) is 46.5 Å². The van der Waals surface area contributed by atoms with E-state index in [-0.39, 0.29) is 16.1 Å². The Hall–Kier alpha value is -0.220. The maximum atomic E-state index is 12.4. The lowest BCUT2D eigenvalue weighted by atomic mass is 9.70. The van der Waals surface area contributed by atoms with E-state index in [2.05, 4.69) is 32.3 Å². The Bertz CT molecular complexity index is 284. The van der Waals surface area contributed by atoms with Crippen LogP contribution in [0, 0.1) is 11.3 Å². The normalized spacial score (nSPS) is 29.1. The Morgan fingerprint density at radius 1 is 1.44 bits per heavy atom. The standard InChI is InChI=1S/C14H28N2OS/c1-11-5-7-14(9-15,8-6-11)12(17)16-10-13(2,3)18-4/h11H,5-10,15H2,1-4H3,(H,16,17). The zero-order valence-corrected chi connectivity index (χ0v) is 13.0. The maximum Gasteiger partial charge on any atom is 0.227 e. The summed E-state index contributed by atoms with van der Waals surface area (Å²) in [6.07, 6.45) is 6.20. The lowest BCUT2D eigenvalue weighted by Gasteiger charge is -2.38. The molecule has 0 saturated heterocycles. The van der Waals surface area contributed by atoms with E-state index in [1.165, 1.54) is 0 Å². The molecular formula is C14H28N2OS. The van der Waals surface area contributed by atoms with Gasteiger partial charge < -0.3 is 11.1 Å². The quantitative estimate of drug-likeness (QED) is 0.808. The summed E-state index contributed by atoms with van der Waals surface area (Å²) in [5, 5.41) is 3.11. The van der Waals surface area contributed by atoms with Crippen LogP contribution in [0.15, 0.2) is 0 Å². The number of nitrogens with one attached hydrogen (secondary N) is 1. The number of amides is 1. The minimum atomic E-state index is -0.305. The summed E-state index contributed by atoms with van der Waals surface area (Å²) >= 11 is 1.78. The topological polar surface area (TPSA) is 55.1 Å². The largest absolute Gasteiger partial charge is 0.354 e. The van der Waals surface area contributed by atoms with Crippen molar-refractivity contribution >= 4 is 17.7 Å². The lowest BCUT2D eigenvalue weighted by molar-refractivity contribution is -0.132. The van der Waals surface area contributed by atoms with Gasteiger partial charge in [-0.25, -0.2) is 0 Å². The molecule has 0 radical (unpaired) electrons. The predicted octanol–water partition coefficient (Wildman–Crippen LogP) is 2.40. The van der Waals surface area contributed by atoms with Crippen molar-refractivity contribution in [3.05, 3.63) is 0 Å². The van der Waals surface area contributed by atoms with Crippen LogP contribution in [0.5, 0.6) is 0 Å². The van der Waals surface area contributed by atoms with Gasteiger partial charge in [0.15, 0.2) is 0 Å². The molecule has 1 aliphatic carbocycles. The first-order chi connectivity index (χ1) is 8.35. The number of hydrogen-bond donors (Lipinski definition) is 2. The van der Waals surface area contributed by atoms with E-state index in [9.17, 15) is 4.79 Å². The molecule has 0 aliphatic heterocycles. The molecule has 3 nitrogen and oxygen atoms in total. The van der Waals surface area contributed by atoms with E-state index in [4.69, 9.17) is 5.73 Å². The van der Waals surface area contributed by atoms with Crippen molar-refractivity contribution in [3.8, 4) is 0 Å². The molecule has 1 amide bonds. The van der Waals surface area contributed by atoms with Crippen molar-refractivity contribution in [2.75, 3.05) is 19.3 Å². The van der Waals surface area contributed by atoms with Crippen molar-refractivity contribution in [1.82, 2.24) is 5.32 Å². The second-order valence-corrected chi connectivity index (χ2v) is 7.83. The molecule has 1 rings (SSSR count). The van der Waals surface area contributed by atoms with E-state index in [1.807, 2.05) is 0 Å². The molecule has 4 heteroatoms. The third-order valence-electron chi connectivity index (χ3n) is 4.33. The number of carbonyl (C=O) groups is 1. The summed E-state index contributed by atoms with van der Waals surface area (Å²) in [6, 6.07) is 0. The lowest BCUT2D eigenvalue weighted by Crippen LogP contribution is -2.50. The number of nitrogens with two attached hydrogens (primary N) is 1. The van der Waals surface area contributed by atoms with Crippen LogP contribution in [0.4, 0.5) is 0 Å². The molecule has 1 saturated carbocycles. The van der Waals surface area contributed by atoms with E-state index in [0.29, 0.717) is 13.1 Å². The second kappa shape index (κ2) is 6.29. The molecule has 0 heterocycles. The van der Waals surface area contributed by atoms with Gasteiger partial charge in [0.1, 0.15) is 0 Å². The average Bonchev–Trinajstić information content (AvgIpc) is 2.37. The van der Waals surface area contributed by atoms with Crippen molar-refractivity contribution < 1.29 is 4.79 Å². The Kier molecular flexibility index (Phi) is 5.53. The Balaban J connectivity index is 2.57. The van der Waals surface area contributed by atoms with Crippen molar-refractivity contribution in [1.29, 1.82) is 0 Å². The first-order valence-electron chi connectivity index (χ1n) is 6.89. The Morgan fingerprint density at radius 2 is 2.00 bits per heavy atom. The Morgan fingerprint density at radius 3 is 2.44 bits per heavy atom. The third kappa shape index (κ3) is 3.89. The van der Waals surface area contributed by atoms with Gasteiger partial charge in [-0.3, -0.25) is 4.79 Å². The highest BCUT2D eigenvalue weighted by atomic mass is 32.2. The fourth-order valence-corrected chi connectivity index (χ4v) is 2.61. The highest BCUT2D eigenvalue weighted by Gasteiger charge is 2.40. The molecule has 3 N–H and O–H groups in total. The van der Waals surface area contributed by atoms with Gasteiger partial charge in [0, 0.05) is 17.8 Å². The zero-order valence-electron chi connectivity index (χ0n) is 12.2. The fourth-order valence-electron chi connectivity index (χ4n) is 2.39. The highest BCUT2D eigenvalue weighted by Crippen LogP contribution is 2.38. The fraction of sp³-hybridized carbons (Fsp3) is 0.929. The summed E-state index contributed by atoms with van der Waals surface area (Å²) < 4.78 is 0.0907. The van der Waals surface area contributed by atoms with E-state index >= 15 is 0 Å². The van der Waals surface area contributed by atoms with Crippen LogP contribution in [0.25, 0.3) is 0 Å². The van der Waals surface area contributed by atoms with E-state index < -0.39 is 0 Å². The number of hydrogen-bond acceptors (Lipinski definition) is 3. The molecular weight excluding hydrogens is 244 g/mol. The van der Waals surface area contributed by atoms with Crippen molar-refractivity contribution in [3.63, 3.8) is 0 Å². The molecule has 106 valence electrons. The van der Waals surface area contributed by atoms with Gasteiger partial charge >= 0.3 is 0 Å². The number of thioether (sulfide) groups is 1. The molecule has 0 atom stereocenters. The first kappa shape index (κ1) is 15.8. The minimum absolute atomic E-state index is 0.0907. The molecule has 0 aromatic rings. The average molecular weight is 272 g/mol. The van der Waals surface area contributed by atoms with Gasteiger partial charge in [-0.15, -0.1) is 0 Å². The van der Waals surface area contributed by atoms with Gasteiger partial charge in [0.2, 0.25) is 5.91 Å². The molecule has 0 aromatic carbocycles. The maximum absolute atomic E-state index is 12.4. The van der Waals surface area contributed by atoms with Crippen LogP contribution in [0.3, 0.4) is 0 Å². The highest BCUT2D eigenvalue weighted by molar-refractivity contribution is 7.99.